The third-order valence-corrected chi connectivity index (χ3v) is 4.25. The van der Waals surface area contributed by atoms with E-state index in [-0.39, 0.29) is 0 Å². The van der Waals surface area contributed by atoms with Crippen LogP contribution in [0.5, 0.6) is 0 Å². The Bertz CT molecular complexity index is 112. The minimum atomic E-state index is 0.894. The molecule has 0 bridgehead atoms. The van der Waals surface area contributed by atoms with Gasteiger partial charge < -0.3 is 0 Å². The molecule has 1 saturated carbocycles. The van der Waals surface area contributed by atoms with Crippen LogP contribution in [0, 0.1) is 11.8 Å². The Labute approximate surface area is 90.6 Å². The summed E-state index contributed by atoms with van der Waals surface area (Å²) in [6.45, 7) is 4.68. The Hall–Kier alpha value is 0.730. The molecule has 0 spiro atoms. The summed E-state index contributed by atoms with van der Waals surface area (Å²) in [5.41, 5.74) is 0. The molecule has 0 aromatic rings. The van der Waals surface area contributed by atoms with Crippen molar-refractivity contribution < 1.29 is 0 Å². The maximum absolute atomic E-state index is 2.59. The van der Waals surface area contributed by atoms with Crippen molar-refractivity contribution in [3.8, 4) is 0 Å². The van der Waals surface area contributed by atoms with Crippen LogP contribution in [0.3, 0.4) is 0 Å². The van der Waals surface area contributed by atoms with E-state index in [4.69, 9.17) is 0 Å². The zero-order valence-electron chi connectivity index (χ0n) is 8.35. The van der Waals surface area contributed by atoms with Crippen molar-refractivity contribution in [1.82, 2.24) is 0 Å². The van der Waals surface area contributed by atoms with Crippen LogP contribution in [0.25, 0.3) is 0 Å². The Morgan fingerprint density at radius 3 is 2.25 bits per heavy atom. The van der Waals surface area contributed by atoms with Crippen molar-refractivity contribution >= 4 is 22.6 Å². The number of halogens is 1. The van der Waals surface area contributed by atoms with Gasteiger partial charge in [-0.25, -0.2) is 0 Å². The second-order valence-corrected chi connectivity index (χ2v) is 6.21. The van der Waals surface area contributed by atoms with Gasteiger partial charge in [-0.15, -0.1) is 0 Å². The van der Waals surface area contributed by atoms with Crippen LogP contribution < -0.4 is 0 Å². The summed E-state index contributed by atoms with van der Waals surface area (Å²) in [5.74, 6) is 2.10. The lowest BCUT2D eigenvalue weighted by molar-refractivity contribution is 0.265. The van der Waals surface area contributed by atoms with Gasteiger partial charge in [0.15, 0.2) is 0 Å². The molecule has 1 aliphatic carbocycles. The highest BCUT2D eigenvalue weighted by molar-refractivity contribution is 14.1. The molecule has 72 valence electrons. The first-order valence-corrected chi connectivity index (χ1v) is 6.62. The predicted octanol–water partition coefficient (Wildman–Crippen LogP) is 4.42. The topological polar surface area (TPSA) is 0 Å². The van der Waals surface area contributed by atoms with E-state index < -0.39 is 0 Å². The van der Waals surface area contributed by atoms with Crippen LogP contribution in [0.15, 0.2) is 0 Å². The van der Waals surface area contributed by atoms with Crippen molar-refractivity contribution in [3.05, 3.63) is 0 Å². The van der Waals surface area contributed by atoms with Gasteiger partial charge in [0.1, 0.15) is 0 Å². The largest absolute Gasteiger partial charge is 0.0826 e. The highest BCUT2D eigenvalue weighted by atomic mass is 127. The fourth-order valence-electron chi connectivity index (χ4n) is 2.34. The lowest BCUT2D eigenvalue weighted by Gasteiger charge is -2.29. The molecule has 1 aliphatic rings. The smallest absolute Gasteiger partial charge is 0.0110 e. The SMILES string of the molecule is CCCC1CCC(C(C)I)CC1. The second-order valence-electron chi connectivity index (χ2n) is 4.25. The summed E-state index contributed by atoms with van der Waals surface area (Å²) < 4.78 is 0.894. The lowest BCUT2D eigenvalue weighted by atomic mass is 9.79. The summed E-state index contributed by atoms with van der Waals surface area (Å²) >= 11 is 2.59. The van der Waals surface area contributed by atoms with Gasteiger partial charge in [0, 0.05) is 3.92 Å². The molecular weight excluding hydrogens is 259 g/mol. The summed E-state index contributed by atoms with van der Waals surface area (Å²) in [6, 6.07) is 0. The van der Waals surface area contributed by atoms with E-state index in [9.17, 15) is 0 Å². The molecule has 0 nitrogen and oxygen atoms in total. The number of alkyl halides is 1. The van der Waals surface area contributed by atoms with E-state index in [0.717, 1.165) is 15.8 Å². The van der Waals surface area contributed by atoms with E-state index in [1.54, 1.807) is 0 Å². The second kappa shape index (κ2) is 5.46. The van der Waals surface area contributed by atoms with Crippen LogP contribution in [0.1, 0.15) is 52.4 Å². The summed E-state index contributed by atoms with van der Waals surface area (Å²) in [6.07, 6.45) is 8.86. The van der Waals surface area contributed by atoms with E-state index in [1.807, 2.05) is 0 Å². The molecule has 0 saturated heterocycles. The first-order valence-electron chi connectivity index (χ1n) is 5.38. The molecule has 0 N–H and O–H groups in total. The van der Waals surface area contributed by atoms with Gasteiger partial charge in [-0.3, -0.25) is 0 Å². The van der Waals surface area contributed by atoms with Crippen LogP contribution in [-0.2, 0) is 0 Å². The van der Waals surface area contributed by atoms with Gasteiger partial charge in [0.05, 0.1) is 0 Å². The molecule has 1 heteroatoms. The highest BCUT2D eigenvalue weighted by Crippen LogP contribution is 2.35. The van der Waals surface area contributed by atoms with Gasteiger partial charge in [0.25, 0.3) is 0 Å². The van der Waals surface area contributed by atoms with Crippen molar-refractivity contribution in [2.24, 2.45) is 11.8 Å². The molecule has 1 unspecified atom stereocenters. The monoisotopic (exact) mass is 280 g/mol. The molecule has 1 rings (SSSR count). The average Bonchev–Trinajstić information content (AvgIpc) is 2.06. The number of rotatable bonds is 3. The van der Waals surface area contributed by atoms with E-state index in [0.29, 0.717) is 0 Å². The Balaban J connectivity index is 2.20. The van der Waals surface area contributed by atoms with Gasteiger partial charge in [-0.1, -0.05) is 62.1 Å². The zero-order valence-corrected chi connectivity index (χ0v) is 10.5. The molecule has 0 amide bonds. The van der Waals surface area contributed by atoms with E-state index in [2.05, 4.69) is 36.4 Å². The quantitative estimate of drug-likeness (QED) is 0.530. The summed E-state index contributed by atoms with van der Waals surface area (Å²) in [5, 5.41) is 0. The van der Waals surface area contributed by atoms with Crippen LogP contribution in [0.4, 0.5) is 0 Å². The summed E-state index contributed by atoms with van der Waals surface area (Å²) in [4.78, 5) is 0. The predicted molar refractivity (Wildman–Crippen MR) is 63.8 cm³/mol. The van der Waals surface area contributed by atoms with Gasteiger partial charge >= 0.3 is 0 Å². The van der Waals surface area contributed by atoms with Crippen molar-refractivity contribution in [2.75, 3.05) is 0 Å². The lowest BCUT2D eigenvalue weighted by Crippen LogP contribution is -2.19. The number of hydrogen-bond donors (Lipinski definition) is 0. The highest BCUT2D eigenvalue weighted by Gasteiger charge is 2.22. The maximum Gasteiger partial charge on any atom is 0.0110 e. The van der Waals surface area contributed by atoms with Crippen molar-refractivity contribution in [1.29, 1.82) is 0 Å². The molecular formula is C11H21I. The first-order chi connectivity index (χ1) is 5.74. The Morgan fingerprint density at radius 2 is 1.83 bits per heavy atom. The molecule has 0 aliphatic heterocycles. The molecule has 0 aromatic carbocycles. The Kier molecular flexibility index (Phi) is 4.92. The average molecular weight is 280 g/mol. The first kappa shape index (κ1) is 10.8. The van der Waals surface area contributed by atoms with Crippen LogP contribution >= 0.6 is 22.6 Å². The molecule has 0 heterocycles. The zero-order chi connectivity index (χ0) is 8.97. The Morgan fingerprint density at radius 1 is 1.25 bits per heavy atom. The van der Waals surface area contributed by atoms with Gasteiger partial charge in [0.2, 0.25) is 0 Å². The fraction of sp³-hybridized carbons (Fsp3) is 1.00. The third-order valence-electron chi connectivity index (χ3n) is 3.24. The molecule has 0 aromatic heterocycles. The van der Waals surface area contributed by atoms with Gasteiger partial charge in [-0.05, 0) is 24.7 Å². The van der Waals surface area contributed by atoms with Crippen molar-refractivity contribution in [3.63, 3.8) is 0 Å². The molecule has 1 atom stereocenters. The maximum atomic E-state index is 2.59. The van der Waals surface area contributed by atoms with E-state index >= 15 is 0 Å². The fourth-order valence-corrected chi connectivity index (χ4v) is 3.06. The molecule has 12 heavy (non-hydrogen) atoms. The normalized spacial score (nSPS) is 33.2. The molecule has 1 fully saturated rings. The van der Waals surface area contributed by atoms with Crippen LogP contribution in [0.2, 0.25) is 0 Å². The summed E-state index contributed by atoms with van der Waals surface area (Å²) in [7, 11) is 0. The minimum absolute atomic E-state index is 0.894. The molecule has 0 radical (unpaired) electrons. The van der Waals surface area contributed by atoms with Gasteiger partial charge in [-0.2, -0.15) is 0 Å². The standard InChI is InChI=1S/C11H21I/c1-3-4-10-5-7-11(8-6-10)9(2)12/h9-11H,3-8H2,1-2H3. The number of hydrogen-bond acceptors (Lipinski definition) is 0. The third kappa shape index (κ3) is 3.23. The minimum Gasteiger partial charge on any atom is -0.0826 e. The van der Waals surface area contributed by atoms with Crippen molar-refractivity contribution in [2.45, 2.75) is 56.3 Å². The van der Waals surface area contributed by atoms with Crippen LogP contribution in [-0.4, -0.2) is 3.92 Å². The van der Waals surface area contributed by atoms with E-state index in [1.165, 1.54) is 38.5 Å².